The molecule has 0 radical (unpaired) electrons. The number of hydrogen-bond donors (Lipinski definition) is 2. The zero-order valence-electron chi connectivity index (χ0n) is 17.8. The lowest BCUT2D eigenvalue weighted by molar-refractivity contribution is 0.101. The Morgan fingerprint density at radius 1 is 0.788 bits per heavy atom. The molecule has 3 aromatic carbocycles. The molecule has 7 nitrogen and oxygen atoms in total. The van der Waals surface area contributed by atoms with Gasteiger partial charge in [0, 0.05) is 24.1 Å². The number of hydrogen-bond acceptors (Lipinski definition) is 5. The molecule has 0 unspecified atom stereocenters. The lowest BCUT2D eigenvalue weighted by atomic mass is 10.1. The van der Waals surface area contributed by atoms with Gasteiger partial charge in [0.25, 0.3) is 11.8 Å². The Morgan fingerprint density at radius 2 is 1.58 bits per heavy atom. The second kappa shape index (κ2) is 10.1. The Hall–Kier alpha value is -4.65. The molecule has 4 rings (SSSR count). The number of carbonyl (C=O) groups is 2. The molecule has 33 heavy (non-hydrogen) atoms. The summed E-state index contributed by atoms with van der Waals surface area (Å²) in [6.07, 6.45) is 3.07. The molecule has 1 heterocycles. The van der Waals surface area contributed by atoms with Gasteiger partial charge >= 0.3 is 0 Å². The van der Waals surface area contributed by atoms with Crippen LogP contribution in [0, 0.1) is 0 Å². The predicted octanol–water partition coefficient (Wildman–Crippen LogP) is 5.39. The number of ether oxygens (including phenoxy) is 2. The van der Waals surface area contributed by atoms with E-state index in [0.29, 0.717) is 39.8 Å². The Kier molecular flexibility index (Phi) is 6.61. The molecule has 2 N–H and O–H groups in total. The van der Waals surface area contributed by atoms with Crippen LogP contribution in [0.3, 0.4) is 0 Å². The molecular weight excluding hydrogens is 418 g/mol. The number of amides is 2. The largest absolute Gasteiger partial charge is 0.494 e. The normalized spacial score (nSPS) is 10.2. The number of para-hydroxylation sites is 2. The summed E-state index contributed by atoms with van der Waals surface area (Å²) in [6.45, 7) is 0. The molecule has 2 amide bonds. The van der Waals surface area contributed by atoms with E-state index in [1.54, 1.807) is 60.8 Å². The number of aromatic nitrogens is 1. The lowest BCUT2D eigenvalue weighted by Gasteiger charge is -2.14. The third-order valence-corrected chi connectivity index (χ3v) is 4.73. The third kappa shape index (κ3) is 5.34. The SMILES string of the molecule is COc1cc(NC(=O)c2ccccc2Oc2ccccc2)ccc1NC(=O)c1cccnc1. The predicted molar refractivity (Wildman–Crippen MR) is 126 cm³/mol. The van der Waals surface area contributed by atoms with Gasteiger partial charge < -0.3 is 20.1 Å². The standard InChI is InChI=1S/C26H21N3O4/c1-32-24-16-19(13-14-22(24)29-25(30)18-8-7-15-27-17-18)28-26(31)21-11-5-6-12-23(21)33-20-9-3-2-4-10-20/h2-17H,1H3,(H,28,31)(H,29,30). The highest BCUT2D eigenvalue weighted by molar-refractivity contribution is 6.07. The molecule has 0 fully saturated rings. The van der Waals surface area contributed by atoms with Crippen molar-refractivity contribution >= 4 is 23.2 Å². The Balaban J connectivity index is 1.50. The van der Waals surface area contributed by atoms with Crippen LogP contribution in [0.1, 0.15) is 20.7 Å². The maximum absolute atomic E-state index is 13.0. The van der Waals surface area contributed by atoms with Gasteiger partial charge in [-0.25, -0.2) is 0 Å². The Labute approximate surface area is 191 Å². The van der Waals surface area contributed by atoms with Gasteiger partial charge in [-0.2, -0.15) is 0 Å². The van der Waals surface area contributed by atoms with Crippen LogP contribution >= 0.6 is 0 Å². The average molecular weight is 439 g/mol. The summed E-state index contributed by atoms with van der Waals surface area (Å²) in [6, 6.07) is 24.6. The second-order valence-corrected chi connectivity index (χ2v) is 6.98. The first-order chi connectivity index (χ1) is 16.1. The molecular formula is C26H21N3O4. The third-order valence-electron chi connectivity index (χ3n) is 4.73. The van der Waals surface area contributed by atoms with Crippen molar-refractivity contribution in [2.45, 2.75) is 0 Å². The van der Waals surface area contributed by atoms with E-state index in [-0.39, 0.29) is 11.8 Å². The summed E-state index contributed by atoms with van der Waals surface area (Å²) in [4.78, 5) is 29.3. The number of anilines is 2. The van der Waals surface area contributed by atoms with Crippen molar-refractivity contribution in [2.24, 2.45) is 0 Å². The van der Waals surface area contributed by atoms with Gasteiger partial charge in [-0.3, -0.25) is 14.6 Å². The summed E-state index contributed by atoms with van der Waals surface area (Å²) in [5, 5.41) is 5.64. The van der Waals surface area contributed by atoms with E-state index in [1.165, 1.54) is 13.3 Å². The van der Waals surface area contributed by atoms with Crippen molar-refractivity contribution < 1.29 is 19.1 Å². The molecule has 0 aliphatic heterocycles. The summed E-state index contributed by atoms with van der Waals surface area (Å²) >= 11 is 0. The first-order valence-electron chi connectivity index (χ1n) is 10.2. The van der Waals surface area contributed by atoms with Gasteiger partial charge in [-0.05, 0) is 48.5 Å². The number of carbonyl (C=O) groups excluding carboxylic acids is 2. The zero-order valence-corrected chi connectivity index (χ0v) is 17.8. The first-order valence-corrected chi connectivity index (χ1v) is 10.2. The quantitative estimate of drug-likeness (QED) is 0.403. The first kappa shape index (κ1) is 21.6. The number of nitrogens with zero attached hydrogens (tertiary/aromatic N) is 1. The second-order valence-electron chi connectivity index (χ2n) is 6.98. The van der Waals surface area contributed by atoms with E-state index >= 15 is 0 Å². The van der Waals surface area contributed by atoms with Crippen molar-refractivity contribution in [3.63, 3.8) is 0 Å². The summed E-state index contributed by atoms with van der Waals surface area (Å²) in [5.74, 6) is 0.821. The molecule has 0 atom stereocenters. The lowest BCUT2D eigenvalue weighted by Crippen LogP contribution is -2.14. The molecule has 0 saturated heterocycles. The molecule has 0 bridgehead atoms. The van der Waals surface area contributed by atoms with Crippen molar-refractivity contribution in [3.8, 4) is 17.2 Å². The van der Waals surface area contributed by atoms with Crippen molar-refractivity contribution in [1.29, 1.82) is 0 Å². The molecule has 4 aromatic rings. The monoisotopic (exact) mass is 439 g/mol. The minimum atomic E-state index is -0.337. The molecule has 0 saturated carbocycles. The fourth-order valence-corrected chi connectivity index (χ4v) is 3.12. The number of rotatable bonds is 7. The maximum Gasteiger partial charge on any atom is 0.259 e. The average Bonchev–Trinajstić information content (AvgIpc) is 2.86. The highest BCUT2D eigenvalue weighted by Crippen LogP contribution is 2.30. The maximum atomic E-state index is 13.0. The van der Waals surface area contributed by atoms with Crippen LogP contribution in [0.4, 0.5) is 11.4 Å². The van der Waals surface area contributed by atoms with Gasteiger partial charge in [-0.15, -0.1) is 0 Å². The van der Waals surface area contributed by atoms with Crippen LogP contribution in [-0.2, 0) is 0 Å². The summed E-state index contributed by atoms with van der Waals surface area (Å²) < 4.78 is 11.3. The van der Waals surface area contributed by atoms with Crippen LogP contribution in [-0.4, -0.2) is 23.9 Å². The van der Waals surface area contributed by atoms with Gasteiger partial charge in [0.2, 0.25) is 0 Å². The summed E-state index contributed by atoms with van der Waals surface area (Å²) in [5.41, 5.74) is 1.78. The van der Waals surface area contributed by atoms with Crippen molar-refractivity contribution in [3.05, 3.63) is 108 Å². The van der Waals surface area contributed by atoms with Gasteiger partial charge in [-0.1, -0.05) is 30.3 Å². The highest BCUT2D eigenvalue weighted by Gasteiger charge is 2.15. The molecule has 0 aliphatic carbocycles. The van der Waals surface area contributed by atoms with E-state index in [9.17, 15) is 9.59 Å². The minimum absolute atomic E-state index is 0.315. The number of benzene rings is 3. The minimum Gasteiger partial charge on any atom is -0.494 e. The zero-order chi connectivity index (χ0) is 23.0. The summed E-state index contributed by atoms with van der Waals surface area (Å²) in [7, 11) is 1.49. The number of nitrogens with one attached hydrogen (secondary N) is 2. The van der Waals surface area contributed by atoms with E-state index in [1.807, 2.05) is 30.3 Å². The molecule has 164 valence electrons. The Morgan fingerprint density at radius 3 is 2.33 bits per heavy atom. The van der Waals surface area contributed by atoms with Gasteiger partial charge in [0.05, 0.1) is 23.9 Å². The van der Waals surface area contributed by atoms with Crippen molar-refractivity contribution in [1.82, 2.24) is 4.98 Å². The van der Waals surface area contributed by atoms with Crippen LogP contribution in [0.15, 0.2) is 97.3 Å². The molecule has 0 aliphatic rings. The highest BCUT2D eigenvalue weighted by atomic mass is 16.5. The van der Waals surface area contributed by atoms with Crippen LogP contribution in [0.25, 0.3) is 0 Å². The van der Waals surface area contributed by atoms with E-state index in [2.05, 4.69) is 15.6 Å². The van der Waals surface area contributed by atoms with Gasteiger partial charge in [0.15, 0.2) is 0 Å². The van der Waals surface area contributed by atoms with Crippen LogP contribution < -0.4 is 20.1 Å². The van der Waals surface area contributed by atoms with E-state index < -0.39 is 0 Å². The number of methoxy groups -OCH3 is 1. The molecule has 1 aromatic heterocycles. The van der Waals surface area contributed by atoms with E-state index in [0.717, 1.165) is 0 Å². The van der Waals surface area contributed by atoms with Crippen LogP contribution in [0.5, 0.6) is 17.2 Å². The van der Waals surface area contributed by atoms with Gasteiger partial charge in [0.1, 0.15) is 17.2 Å². The van der Waals surface area contributed by atoms with Crippen LogP contribution in [0.2, 0.25) is 0 Å². The molecule has 7 heteroatoms. The fraction of sp³-hybridized carbons (Fsp3) is 0.0385. The number of pyridine rings is 1. The van der Waals surface area contributed by atoms with E-state index in [4.69, 9.17) is 9.47 Å². The smallest absolute Gasteiger partial charge is 0.259 e. The molecule has 0 spiro atoms. The van der Waals surface area contributed by atoms with Crippen molar-refractivity contribution in [2.75, 3.05) is 17.7 Å². The Bertz CT molecular complexity index is 1260. The topological polar surface area (TPSA) is 89.5 Å². The fourth-order valence-electron chi connectivity index (χ4n) is 3.12.